The van der Waals surface area contributed by atoms with Crippen LogP contribution in [-0.2, 0) is 4.79 Å². The summed E-state index contributed by atoms with van der Waals surface area (Å²) in [5.74, 6) is 1.64. The molecule has 3 unspecified atom stereocenters. The summed E-state index contributed by atoms with van der Waals surface area (Å²) in [7, 11) is 0. The van der Waals surface area contributed by atoms with Crippen LogP contribution in [0.5, 0.6) is 0 Å². The lowest BCUT2D eigenvalue weighted by Gasteiger charge is -2.34. The van der Waals surface area contributed by atoms with E-state index in [1.165, 1.54) is 32.1 Å². The summed E-state index contributed by atoms with van der Waals surface area (Å²) in [6.45, 7) is 4.45. The molecule has 0 aromatic heterocycles. The topological polar surface area (TPSA) is 29.1 Å². The molecule has 0 radical (unpaired) electrons. The van der Waals surface area contributed by atoms with Crippen molar-refractivity contribution in [2.45, 2.75) is 64.8 Å². The molecule has 104 valence electrons. The number of hydrogen-bond acceptors (Lipinski definition) is 1. The highest BCUT2D eigenvalue weighted by Gasteiger charge is 2.40. The van der Waals surface area contributed by atoms with E-state index in [-0.39, 0.29) is 17.2 Å². The van der Waals surface area contributed by atoms with E-state index in [0.29, 0.717) is 17.8 Å². The number of rotatable bonds is 3. The van der Waals surface area contributed by atoms with Crippen LogP contribution < -0.4 is 5.32 Å². The largest absolute Gasteiger partial charge is 0.353 e. The van der Waals surface area contributed by atoms with Crippen LogP contribution in [-0.4, -0.2) is 17.8 Å². The molecule has 1 amide bonds. The highest BCUT2D eigenvalue weighted by Crippen LogP contribution is 2.42. The Morgan fingerprint density at radius 2 is 1.94 bits per heavy atom. The van der Waals surface area contributed by atoms with Gasteiger partial charge in [-0.1, -0.05) is 33.1 Å². The first-order valence-electron chi connectivity index (χ1n) is 7.41. The van der Waals surface area contributed by atoms with Gasteiger partial charge in [0.2, 0.25) is 5.91 Å². The van der Waals surface area contributed by atoms with Crippen LogP contribution in [0.3, 0.4) is 0 Å². The molecule has 2 nitrogen and oxygen atoms in total. The van der Waals surface area contributed by atoms with Gasteiger partial charge in [-0.2, -0.15) is 0 Å². The summed E-state index contributed by atoms with van der Waals surface area (Å²) in [5.41, 5.74) is 0.176. The van der Waals surface area contributed by atoms with Crippen LogP contribution >= 0.6 is 11.6 Å². The first-order chi connectivity index (χ1) is 8.54. The molecule has 2 aliphatic carbocycles. The van der Waals surface area contributed by atoms with E-state index in [2.05, 4.69) is 19.2 Å². The number of carbonyl (C=O) groups excluding carboxylic acids is 1. The van der Waals surface area contributed by atoms with Crippen molar-refractivity contribution in [3.63, 3.8) is 0 Å². The molecule has 0 aromatic rings. The Labute approximate surface area is 116 Å². The first-order valence-corrected chi connectivity index (χ1v) is 7.94. The predicted molar refractivity (Wildman–Crippen MR) is 75.7 cm³/mol. The Bertz CT molecular complexity index is 303. The second kappa shape index (κ2) is 5.81. The van der Waals surface area contributed by atoms with E-state index >= 15 is 0 Å². The van der Waals surface area contributed by atoms with Crippen molar-refractivity contribution in [1.29, 1.82) is 0 Å². The second-order valence-electron chi connectivity index (χ2n) is 6.75. The summed E-state index contributed by atoms with van der Waals surface area (Å²) in [5, 5.41) is 3.29. The summed E-state index contributed by atoms with van der Waals surface area (Å²) in [4.78, 5) is 12.4. The van der Waals surface area contributed by atoms with E-state index in [0.717, 1.165) is 12.8 Å². The lowest BCUT2D eigenvalue weighted by Crippen LogP contribution is -2.46. The monoisotopic (exact) mass is 271 g/mol. The average molecular weight is 272 g/mol. The van der Waals surface area contributed by atoms with Gasteiger partial charge >= 0.3 is 0 Å². The van der Waals surface area contributed by atoms with Gasteiger partial charge in [-0.05, 0) is 37.0 Å². The molecule has 2 fully saturated rings. The lowest BCUT2D eigenvalue weighted by atomic mass is 9.80. The molecule has 2 saturated carbocycles. The minimum Gasteiger partial charge on any atom is -0.353 e. The highest BCUT2D eigenvalue weighted by molar-refractivity contribution is 6.18. The number of nitrogens with one attached hydrogen (secondary N) is 1. The molecule has 0 aliphatic heterocycles. The summed E-state index contributed by atoms with van der Waals surface area (Å²) in [6, 6.07) is 0.320. The van der Waals surface area contributed by atoms with Crippen LogP contribution in [0.1, 0.15) is 58.8 Å². The molecule has 18 heavy (non-hydrogen) atoms. The predicted octanol–water partition coefficient (Wildman–Crippen LogP) is 3.73. The quantitative estimate of drug-likeness (QED) is 0.779. The summed E-state index contributed by atoms with van der Waals surface area (Å²) >= 11 is 6.02. The fraction of sp³-hybridized carbons (Fsp3) is 0.933. The third kappa shape index (κ3) is 3.01. The van der Waals surface area contributed by atoms with E-state index in [9.17, 15) is 4.79 Å². The summed E-state index contributed by atoms with van der Waals surface area (Å²) in [6.07, 6.45) is 8.18. The highest BCUT2D eigenvalue weighted by atomic mass is 35.5. The van der Waals surface area contributed by atoms with Gasteiger partial charge in [0.15, 0.2) is 0 Å². The second-order valence-corrected chi connectivity index (χ2v) is 7.06. The van der Waals surface area contributed by atoms with Gasteiger partial charge in [0.25, 0.3) is 0 Å². The zero-order valence-electron chi connectivity index (χ0n) is 11.7. The molecule has 2 aliphatic rings. The molecule has 3 heteroatoms. The summed E-state index contributed by atoms with van der Waals surface area (Å²) < 4.78 is 0. The van der Waals surface area contributed by atoms with Crippen LogP contribution in [0.25, 0.3) is 0 Å². The Balaban J connectivity index is 1.94. The SMILES string of the molecule is CC1(C)CCCC1C(=O)NC1CCCCC1CCl. The molecule has 0 bridgehead atoms. The maximum Gasteiger partial charge on any atom is 0.223 e. The Kier molecular flexibility index (Phi) is 4.58. The van der Waals surface area contributed by atoms with E-state index < -0.39 is 0 Å². The van der Waals surface area contributed by atoms with Crippen LogP contribution in [0, 0.1) is 17.3 Å². The number of amides is 1. The maximum absolute atomic E-state index is 12.4. The molecule has 0 aromatic carbocycles. The fourth-order valence-electron chi connectivity index (χ4n) is 3.68. The van der Waals surface area contributed by atoms with Gasteiger partial charge < -0.3 is 5.32 Å². The third-order valence-corrected chi connectivity index (χ3v) is 5.41. The van der Waals surface area contributed by atoms with Crippen molar-refractivity contribution in [3.05, 3.63) is 0 Å². The molecule has 0 spiro atoms. The van der Waals surface area contributed by atoms with Crippen LogP contribution in [0.2, 0.25) is 0 Å². The molecular formula is C15H26ClNO. The molecule has 3 atom stereocenters. The molecular weight excluding hydrogens is 246 g/mol. The molecule has 2 rings (SSSR count). The first kappa shape index (κ1) is 14.2. The van der Waals surface area contributed by atoms with E-state index in [4.69, 9.17) is 11.6 Å². The van der Waals surface area contributed by atoms with Gasteiger partial charge in [-0.25, -0.2) is 0 Å². The van der Waals surface area contributed by atoms with Crippen molar-refractivity contribution in [1.82, 2.24) is 5.32 Å². The van der Waals surface area contributed by atoms with Crippen LogP contribution in [0.4, 0.5) is 0 Å². The van der Waals surface area contributed by atoms with Crippen molar-refractivity contribution < 1.29 is 4.79 Å². The lowest BCUT2D eigenvalue weighted by molar-refractivity contribution is -0.128. The van der Waals surface area contributed by atoms with Gasteiger partial charge in [0, 0.05) is 17.8 Å². The van der Waals surface area contributed by atoms with E-state index in [1.54, 1.807) is 0 Å². The zero-order valence-corrected chi connectivity index (χ0v) is 12.4. The third-order valence-electron chi connectivity index (χ3n) is 5.01. The maximum atomic E-state index is 12.4. The Hall–Kier alpha value is -0.240. The van der Waals surface area contributed by atoms with Crippen LogP contribution in [0.15, 0.2) is 0 Å². The van der Waals surface area contributed by atoms with Crippen molar-refractivity contribution in [3.8, 4) is 0 Å². The molecule has 0 heterocycles. The average Bonchev–Trinajstić information content (AvgIpc) is 2.69. The zero-order chi connectivity index (χ0) is 13.2. The smallest absolute Gasteiger partial charge is 0.223 e. The van der Waals surface area contributed by atoms with Gasteiger partial charge in [-0.15, -0.1) is 11.6 Å². The number of hydrogen-bond donors (Lipinski definition) is 1. The number of alkyl halides is 1. The van der Waals surface area contributed by atoms with Gasteiger partial charge in [0.1, 0.15) is 0 Å². The number of carbonyl (C=O) groups is 1. The normalized spacial score (nSPS) is 35.4. The minimum absolute atomic E-state index is 0.176. The Morgan fingerprint density at radius 3 is 2.56 bits per heavy atom. The van der Waals surface area contributed by atoms with Crippen molar-refractivity contribution >= 4 is 17.5 Å². The fourth-order valence-corrected chi connectivity index (χ4v) is 4.05. The van der Waals surface area contributed by atoms with Crippen molar-refractivity contribution in [2.24, 2.45) is 17.3 Å². The number of halogens is 1. The van der Waals surface area contributed by atoms with E-state index in [1.807, 2.05) is 0 Å². The van der Waals surface area contributed by atoms with Crippen molar-refractivity contribution in [2.75, 3.05) is 5.88 Å². The Morgan fingerprint density at radius 1 is 1.22 bits per heavy atom. The molecule has 0 saturated heterocycles. The van der Waals surface area contributed by atoms with Gasteiger partial charge in [-0.3, -0.25) is 4.79 Å². The standard InChI is InChI=1S/C15H26ClNO/c1-15(2)9-5-7-12(15)14(18)17-13-8-4-3-6-11(13)10-16/h11-13H,3-10H2,1-2H3,(H,17,18). The minimum atomic E-state index is 0.176. The van der Waals surface area contributed by atoms with Gasteiger partial charge in [0.05, 0.1) is 0 Å². The molecule has 1 N–H and O–H groups in total.